The molecule has 4 rings (SSSR count). The number of nitrogens with zero attached hydrogens (tertiary/aromatic N) is 4. The van der Waals surface area contributed by atoms with Gasteiger partial charge in [-0.1, -0.05) is 48.0 Å². The maximum absolute atomic E-state index is 12.6. The predicted octanol–water partition coefficient (Wildman–Crippen LogP) is 2.59. The average molecular weight is 480 g/mol. The van der Waals surface area contributed by atoms with E-state index in [2.05, 4.69) is 10.4 Å². The van der Waals surface area contributed by atoms with E-state index in [1.807, 2.05) is 35.2 Å². The fraction of sp³-hybridized carbons (Fsp3) is 0.300. The molecule has 31 heavy (non-hydrogen) atoms. The van der Waals surface area contributed by atoms with E-state index in [1.54, 1.807) is 28.4 Å². The lowest BCUT2D eigenvalue weighted by Crippen LogP contribution is -2.50. The number of carbonyl (C=O) groups excluding carboxylic acids is 1. The molecule has 0 bridgehead atoms. The van der Waals surface area contributed by atoms with Crippen molar-refractivity contribution < 1.29 is 13.2 Å². The van der Waals surface area contributed by atoms with Gasteiger partial charge in [0.1, 0.15) is 9.23 Å². The highest BCUT2D eigenvalue weighted by atomic mass is 35.5. The fourth-order valence-electron chi connectivity index (χ4n) is 3.37. The first-order chi connectivity index (χ1) is 14.9. The number of nitrogens with one attached hydrogen (secondary N) is 1. The minimum Gasteiger partial charge on any atom is -0.307 e. The van der Waals surface area contributed by atoms with Crippen LogP contribution in [0.15, 0.2) is 58.3 Å². The summed E-state index contributed by atoms with van der Waals surface area (Å²) in [5, 5.41) is 9.23. The number of piperazine rings is 1. The molecule has 1 aliphatic rings. The van der Waals surface area contributed by atoms with E-state index in [9.17, 15) is 13.2 Å². The van der Waals surface area contributed by atoms with Crippen LogP contribution >= 0.6 is 22.9 Å². The zero-order chi connectivity index (χ0) is 21.8. The van der Waals surface area contributed by atoms with Gasteiger partial charge < -0.3 is 5.32 Å². The Kier molecular flexibility index (Phi) is 6.73. The highest BCUT2D eigenvalue weighted by Crippen LogP contribution is 2.22. The van der Waals surface area contributed by atoms with E-state index in [0.717, 1.165) is 5.56 Å². The summed E-state index contributed by atoms with van der Waals surface area (Å²) in [7, 11) is -3.45. The number of hydrogen-bond acceptors (Lipinski definition) is 6. The van der Waals surface area contributed by atoms with Crippen LogP contribution in [0.4, 0.5) is 5.82 Å². The van der Waals surface area contributed by atoms with Crippen LogP contribution in [-0.4, -0.2) is 66.0 Å². The van der Waals surface area contributed by atoms with Crippen LogP contribution in [0.2, 0.25) is 5.02 Å². The van der Waals surface area contributed by atoms with Gasteiger partial charge in [-0.05, 0) is 17.0 Å². The maximum Gasteiger partial charge on any atom is 0.252 e. The number of anilines is 1. The van der Waals surface area contributed by atoms with Gasteiger partial charge in [0.2, 0.25) is 5.91 Å². The summed E-state index contributed by atoms with van der Waals surface area (Å²) in [5.74, 6) is 0.0860. The highest BCUT2D eigenvalue weighted by Gasteiger charge is 2.29. The molecule has 0 spiro atoms. The summed E-state index contributed by atoms with van der Waals surface area (Å²) < 4.78 is 28.7. The summed E-state index contributed by atoms with van der Waals surface area (Å²) >= 11 is 7.44. The van der Waals surface area contributed by atoms with Crippen molar-refractivity contribution in [1.82, 2.24) is 19.0 Å². The van der Waals surface area contributed by atoms with Crippen LogP contribution in [0.1, 0.15) is 5.56 Å². The van der Waals surface area contributed by atoms with Crippen LogP contribution in [0.3, 0.4) is 0 Å². The number of sulfonamides is 1. The molecule has 3 aromatic rings. The Morgan fingerprint density at radius 3 is 2.52 bits per heavy atom. The predicted molar refractivity (Wildman–Crippen MR) is 121 cm³/mol. The van der Waals surface area contributed by atoms with Crippen molar-refractivity contribution in [1.29, 1.82) is 0 Å². The van der Waals surface area contributed by atoms with E-state index in [-0.39, 0.29) is 12.5 Å². The number of amides is 1. The summed E-state index contributed by atoms with van der Waals surface area (Å²) in [5.41, 5.74) is 1.08. The number of thiophene rings is 1. The van der Waals surface area contributed by atoms with Crippen LogP contribution in [0.5, 0.6) is 0 Å². The molecule has 0 atom stereocenters. The third-order valence-corrected chi connectivity index (χ3v) is 8.50. The minimum atomic E-state index is -3.45. The number of rotatable bonds is 7. The van der Waals surface area contributed by atoms with Gasteiger partial charge >= 0.3 is 0 Å². The fourth-order valence-corrected chi connectivity index (χ4v) is 6.14. The Morgan fingerprint density at radius 2 is 1.84 bits per heavy atom. The Bertz CT molecular complexity index is 1130. The molecular weight excluding hydrogens is 458 g/mol. The molecule has 1 N–H and O–H groups in total. The summed E-state index contributed by atoms with van der Waals surface area (Å²) in [6, 6.07) is 13.2. The number of hydrogen-bond donors (Lipinski definition) is 1. The number of carbonyl (C=O) groups is 1. The van der Waals surface area contributed by atoms with Gasteiger partial charge in [-0.3, -0.25) is 14.4 Å². The van der Waals surface area contributed by atoms with Crippen molar-refractivity contribution in [2.75, 3.05) is 38.0 Å². The molecule has 3 heterocycles. The second-order valence-electron chi connectivity index (χ2n) is 7.17. The quantitative estimate of drug-likeness (QED) is 0.562. The largest absolute Gasteiger partial charge is 0.307 e. The molecule has 0 radical (unpaired) electrons. The van der Waals surface area contributed by atoms with E-state index >= 15 is 0 Å². The molecule has 0 unspecified atom stereocenters. The molecular formula is C20H22ClN5O3S2. The van der Waals surface area contributed by atoms with Crippen LogP contribution in [0, 0.1) is 0 Å². The molecule has 0 saturated carbocycles. The second kappa shape index (κ2) is 9.49. The van der Waals surface area contributed by atoms with Gasteiger partial charge in [0.15, 0.2) is 5.82 Å². The molecule has 1 fully saturated rings. The lowest BCUT2D eigenvalue weighted by Gasteiger charge is -2.33. The van der Waals surface area contributed by atoms with Gasteiger partial charge in [-0.25, -0.2) is 8.42 Å². The highest BCUT2D eigenvalue weighted by molar-refractivity contribution is 7.91. The van der Waals surface area contributed by atoms with Crippen molar-refractivity contribution >= 4 is 44.7 Å². The first kappa shape index (κ1) is 22.0. The maximum atomic E-state index is 12.6. The SMILES string of the molecule is O=C(CN1CCN(S(=O)(=O)c2cccs2)CC1)Nc1nn(Cc2ccccc2)cc1Cl. The smallest absolute Gasteiger partial charge is 0.252 e. The van der Waals surface area contributed by atoms with Crippen molar-refractivity contribution in [2.24, 2.45) is 0 Å². The van der Waals surface area contributed by atoms with Crippen LogP contribution < -0.4 is 5.32 Å². The van der Waals surface area contributed by atoms with Gasteiger partial charge in [0.05, 0.1) is 13.1 Å². The van der Waals surface area contributed by atoms with E-state index < -0.39 is 10.0 Å². The normalized spacial score (nSPS) is 15.8. The molecule has 11 heteroatoms. The third kappa shape index (κ3) is 5.34. The first-order valence-corrected chi connectivity index (χ1v) is 12.4. The van der Waals surface area contributed by atoms with Crippen molar-refractivity contribution in [2.45, 2.75) is 10.8 Å². The summed E-state index contributed by atoms with van der Waals surface area (Å²) in [6.45, 7) is 2.36. The number of aromatic nitrogens is 2. The molecule has 1 amide bonds. The molecule has 1 aliphatic heterocycles. The van der Waals surface area contributed by atoms with Crippen molar-refractivity contribution in [3.8, 4) is 0 Å². The number of benzene rings is 1. The van der Waals surface area contributed by atoms with Gasteiger partial charge in [-0.15, -0.1) is 11.3 Å². The van der Waals surface area contributed by atoms with E-state index in [1.165, 1.54) is 15.6 Å². The lowest BCUT2D eigenvalue weighted by molar-refractivity contribution is -0.117. The molecule has 8 nitrogen and oxygen atoms in total. The Balaban J connectivity index is 1.29. The monoisotopic (exact) mass is 479 g/mol. The second-order valence-corrected chi connectivity index (χ2v) is 10.7. The van der Waals surface area contributed by atoms with Crippen LogP contribution in [0.25, 0.3) is 0 Å². The Morgan fingerprint density at radius 1 is 1.10 bits per heavy atom. The average Bonchev–Trinajstić information content (AvgIpc) is 3.40. The standard InChI is InChI=1S/C20H22ClN5O3S2/c21-17-14-25(13-16-5-2-1-3-6-16)23-20(17)22-18(27)15-24-8-10-26(11-9-24)31(28,29)19-7-4-12-30-19/h1-7,12,14H,8-11,13,15H2,(H,22,23,27). The van der Waals surface area contributed by atoms with E-state index in [0.29, 0.717) is 47.8 Å². The van der Waals surface area contributed by atoms with Crippen LogP contribution in [-0.2, 0) is 21.4 Å². The zero-order valence-electron chi connectivity index (χ0n) is 16.6. The van der Waals surface area contributed by atoms with Gasteiger partial charge in [0.25, 0.3) is 10.0 Å². The molecule has 1 saturated heterocycles. The molecule has 2 aromatic heterocycles. The Hall–Kier alpha value is -2.24. The van der Waals surface area contributed by atoms with Gasteiger partial charge in [0, 0.05) is 32.4 Å². The van der Waals surface area contributed by atoms with Crippen molar-refractivity contribution in [3.05, 3.63) is 64.6 Å². The summed E-state index contributed by atoms with van der Waals surface area (Å²) in [6.07, 6.45) is 1.68. The molecule has 164 valence electrons. The summed E-state index contributed by atoms with van der Waals surface area (Å²) in [4.78, 5) is 14.4. The van der Waals surface area contributed by atoms with Gasteiger partial charge in [-0.2, -0.15) is 9.40 Å². The van der Waals surface area contributed by atoms with Crippen molar-refractivity contribution in [3.63, 3.8) is 0 Å². The first-order valence-electron chi connectivity index (χ1n) is 9.74. The third-order valence-electron chi connectivity index (χ3n) is 4.95. The lowest BCUT2D eigenvalue weighted by atomic mass is 10.2. The topological polar surface area (TPSA) is 87.5 Å². The molecule has 0 aliphatic carbocycles. The Labute approximate surface area is 190 Å². The molecule has 1 aromatic carbocycles. The zero-order valence-corrected chi connectivity index (χ0v) is 19.0. The van der Waals surface area contributed by atoms with E-state index in [4.69, 9.17) is 11.6 Å². The minimum absolute atomic E-state index is 0.148. The number of halogens is 1.